The minimum absolute atomic E-state index is 0.0493. The van der Waals surface area contributed by atoms with Gasteiger partial charge in [-0.15, -0.1) is 0 Å². The van der Waals surface area contributed by atoms with Crippen molar-refractivity contribution in [2.75, 3.05) is 5.32 Å². The third kappa shape index (κ3) is 3.55. The summed E-state index contributed by atoms with van der Waals surface area (Å²) in [6, 6.07) is 5.67. The van der Waals surface area contributed by atoms with Crippen LogP contribution >= 0.6 is 15.9 Å². The molecule has 0 unspecified atom stereocenters. The molecule has 0 aliphatic rings. The summed E-state index contributed by atoms with van der Waals surface area (Å²) in [6.07, 6.45) is 0. The van der Waals surface area contributed by atoms with Gasteiger partial charge in [-0.1, -0.05) is 22.0 Å². The van der Waals surface area contributed by atoms with Crippen LogP contribution in [-0.2, 0) is 6.54 Å². The summed E-state index contributed by atoms with van der Waals surface area (Å²) in [7, 11) is 0. The first-order valence-electron chi connectivity index (χ1n) is 5.78. The Bertz CT molecular complexity index is 684. The van der Waals surface area contributed by atoms with Crippen molar-refractivity contribution in [3.05, 3.63) is 63.4 Å². The molecule has 0 aromatic heterocycles. The summed E-state index contributed by atoms with van der Waals surface area (Å²) in [4.78, 5) is 10.7. The Morgan fingerprint density at radius 2 is 1.71 bits per heavy atom. The average Bonchev–Trinajstić information content (AvgIpc) is 2.36. The maximum Gasteiger partial charge on any atom is 0.338 e. The molecular weight excluding hydrogens is 351 g/mol. The highest BCUT2D eigenvalue weighted by molar-refractivity contribution is 9.10. The number of hydrogen-bond donors (Lipinski definition) is 2. The fourth-order valence-electron chi connectivity index (χ4n) is 1.74. The fourth-order valence-corrected chi connectivity index (χ4v) is 2.15. The number of halogens is 4. The minimum Gasteiger partial charge on any atom is -0.478 e. The largest absolute Gasteiger partial charge is 0.478 e. The Hall–Kier alpha value is -2.02. The summed E-state index contributed by atoms with van der Waals surface area (Å²) in [5, 5.41) is 11.2. The molecule has 0 saturated heterocycles. The Kier molecular flexibility index (Phi) is 4.52. The number of carboxylic acid groups (broad SMARTS) is 1. The number of benzene rings is 2. The number of anilines is 1. The van der Waals surface area contributed by atoms with Gasteiger partial charge >= 0.3 is 5.97 Å². The summed E-state index contributed by atoms with van der Waals surface area (Å²) >= 11 is 2.96. The van der Waals surface area contributed by atoms with Crippen LogP contribution in [0.4, 0.5) is 18.9 Å². The van der Waals surface area contributed by atoms with Crippen LogP contribution in [0.1, 0.15) is 15.9 Å². The van der Waals surface area contributed by atoms with Gasteiger partial charge < -0.3 is 10.4 Å². The molecule has 2 N–H and O–H groups in total. The molecule has 2 rings (SSSR count). The van der Waals surface area contributed by atoms with E-state index in [1.165, 1.54) is 6.07 Å². The van der Waals surface area contributed by atoms with E-state index in [1.807, 2.05) is 0 Å². The van der Waals surface area contributed by atoms with Gasteiger partial charge in [-0.25, -0.2) is 18.0 Å². The third-order valence-corrected chi connectivity index (χ3v) is 3.20. The van der Waals surface area contributed by atoms with E-state index in [1.54, 1.807) is 0 Å². The number of aromatic carboxylic acids is 1. The van der Waals surface area contributed by atoms with Crippen molar-refractivity contribution in [3.63, 3.8) is 0 Å². The van der Waals surface area contributed by atoms with E-state index in [0.717, 1.165) is 24.3 Å². The molecule has 110 valence electrons. The highest BCUT2D eigenvalue weighted by Gasteiger charge is 2.12. The monoisotopic (exact) mass is 359 g/mol. The Balaban J connectivity index is 2.17. The van der Waals surface area contributed by atoms with Gasteiger partial charge in [0.1, 0.15) is 23.1 Å². The Labute approximate surface area is 126 Å². The van der Waals surface area contributed by atoms with E-state index < -0.39 is 29.0 Å². The van der Waals surface area contributed by atoms with E-state index >= 15 is 0 Å². The van der Waals surface area contributed by atoms with Crippen molar-refractivity contribution >= 4 is 27.6 Å². The normalized spacial score (nSPS) is 10.5. The molecule has 7 heteroatoms. The maximum absolute atomic E-state index is 13.6. The number of hydrogen-bond acceptors (Lipinski definition) is 2. The molecule has 21 heavy (non-hydrogen) atoms. The molecule has 0 saturated carbocycles. The van der Waals surface area contributed by atoms with Gasteiger partial charge in [-0.05, 0) is 29.8 Å². The second kappa shape index (κ2) is 6.17. The van der Waals surface area contributed by atoms with Crippen LogP contribution in [0.15, 0.2) is 34.8 Å². The first-order chi connectivity index (χ1) is 9.88. The van der Waals surface area contributed by atoms with Gasteiger partial charge in [-0.2, -0.15) is 0 Å². The summed E-state index contributed by atoms with van der Waals surface area (Å²) in [6.45, 7) is -0.0493. The number of nitrogens with one attached hydrogen (secondary N) is 1. The van der Waals surface area contributed by atoms with Crippen molar-refractivity contribution in [2.45, 2.75) is 6.54 Å². The highest BCUT2D eigenvalue weighted by Crippen LogP contribution is 2.24. The molecule has 0 bridgehead atoms. The molecular formula is C14H9BrF3NO2. The lowest BCUT2D eigenvalue weighted by Crippen LogP contribution is -2.06. The van der Waals surface area contributed by atoms with E-state index in [4.69, 9.17) is 5.11 Å². The Morgan fingerprint density at radius 3 is 2.24 bits per heavy atom. The zero-order valence-corrected chi connectivity index (χ0v) is 12.0. The molecule has 0 radical (unpaired) electrons. The zero-order valence-electron chi connectivity index (χ0n) is 10.5. The predicted octanol–water partition coefficient (Wildman–Crippen LogP) is 4.18. The fraction of sp³-hybridized carbons (Fsp3) is 0.0714. The lowest BCUT2D eigenvalue weighted by atomic mass is 10.1. The number of carboxylic acids is 1. The van der Waals surface area contributed by atoms with Crippen LogP contribution in [0.25, 0.3) is 0 Å². The van der Waals surface area contributed by atoms with Crippen LogP contribution < -0.4 is 5.32 Å². The summed E-state index contributed by atoms with van der Waals surface area (Å²) < 4.78 is 40.9. The van der Waals surface area contributed by atoms with Gasteiger partial charge in [0.2, 0.25) is 0 Å². The maximum atomic E-state index is 13.6. The number of rotatable bonds is 4. The standard InChI is InChI=1S/C14H9BrF3NO2/c15-8-4-11(17)13(12(18)5-8)19-6-7-1-2-9(14(20)21)10(16)3-7/h1-5,19H,6H2,(H,20,21). The highest BCUT2D eigenvalue weighted by atomic mass is 79.9. The van der Waals surface area contributed by atoms with Crippen LogP contribution in [0.5, 0.6) is 0 Å². The first-order valence-corrected chi connectivity index (χ1v) is 6.58. The lowest BCUT2D eigenvalue weighted by molar-refractivity contribution is 0.0692. The molecule has 0 amide bonds. The lowest BCUT2D eigenvalue weighted by Gasteiger charge is -2.10. The van der Waals surface area contributed by atoms with Crippen LogP contribution in [0.3, 0.4) is 0 Å². The summed E-state index contributed by atoms with van der Waals surface area (Å²) in [5.41, 5.74) is -0.431. The topological polar surface area (TPSA) is 49.3 Å². The average molecular weight is 360 g/mol. The minimum atomic E-state index is -1.38. The van der Waals surface area contributed by atoms with Gasteiger partial charge in [0.25, 0.3) is 0 Å². The second-order valence-corrected chi connectivity index (χ2v) is 5.13. The Morgan fingerprint density at radius 1 is 1.10 bits per heavy atom. The molecule has 0 heterocycles. The van der Waals surface area contributed by atoms with Crippen molar-refractivity contribution in [1.29, 1.82) is 0 Å². The summed E-state index contributed by atoms with van der Waals surface area (Å²) in [5.74, 6) is -3.86. The third-order valence-electron chi connectivity index (χ3n) is 2.74. The molecule has 0 fully saturated rings. The zero-order chi connectivity index (χ0) is 15.6. The first kappa shape index (κ1) is 15.4. The van der Waals surface area contributed by atoms with E-state index in [0.29, 0.717) is 5.56 Å². The number of carbonyl (C=O) groups is 1. The molecule has 2 aromatic rings. The van der Waals surface area contributed by atoms with E-state index in [-0.39, 0.29) is 16.7 Å². The van der Waals surface area contributed by atoms with Gasteiger partial charge in [0, 0.05) is 11.0 Å². The van der Waals surface area contributed by atoms with Crippen LogP contribution in [-0.4, -0.2) is 11.1 Å². The molecule has 3 nitrogen and oxygen atoms in total. The molecule has 0 aliphatic carbocycles. The van der Waals surface area contributed by atoms with Crippen LogP contribution in [0, 0.1) is 17.5 Å². The van der Waals surface area contributed by atoms with Crippen LogP contribution in [0.2, 0.25) is 0 Å². The van der Waals surface area contributed by atoms with Gasteiger partial charge in [0.05, 0.1) is 5.56 Å². The molecule has 0 spiro atoms. The smallest absolute Gasteiger partial charge is 0.338 e. The molecule has 2 aromatic carbocycles. The van der Waals surface area contributed by atoms with E-state index in [2.05, 4.69) is 21.2 Å². The molecule has 0 atom stereocenters. The molecule has 0 aliphatic heterocycles. The SMILES string of the molecule is O=C(O)c1ccc(CNc2c(F)cc(Br)cc2F)cc1F. The predicted molar refractivity (Wildman–Crippen MR) is 74.7 cm³/mol. The quantitative estimate of drug-likeness (QED) is 0.860. The van der Waals surface area contributed by atoms with Gasteiger partial charge in [0.15, 0.2) is 0 Å². The van der Waals surface area contributed by atoms with Gasteiger partial charge in [-0.3, -0.25) is 0 Å². The van der Waals surface area contributed by atoms with Crippen molar-refractivity contribution in [1.82, 2.24) is 0 Å². The van der Waals surface area contributed by atoms with Crippen molar-refractivity contribution in [3.8, 4) is 0 Å². The second-order valence-electron chi connectivity index (χ2n) is 4.22. The van der Waals surface area contributed by atoms with Crippen molar-refractivity contribution in [2.24, 2.45) is 0 Å². The van der Waals surface area contributed by atoms with Crippen molar-refractivity contribution < 1.29 is 23.1 Å². The van der Waals surface area contributed by atoms with E-state index in [9.17, 15) is 18.0 Å².